The van der Waals surface area contributed by atoms with Crippen LogP contribution < -0.4 is 0 Å². The van der Waals surface area contributed by atoms with Gasteiger partial charge in [-0.2, -0.15) is 39.5 Å². The molecule has 0 aliphatic heterocycles. The highest BCUT2D eigenvalue weighted by atomic mass is 19.4. The largest absolute Gasteiger partial charge is 0.416 e. The van der Waals surface area contributed by atoms with Crippen molar-refractivity contribution in [1.82, 2.24) is 14.1 Å². The third-order valence-electron chi connectivity index (χ3n) is 8.90. The van der Waals surface area contributed by atoms with Gasteiger partial charge in [0.1, 0.15) is 0 Å². The Labute approximate surface area is 276 Å². The molecule has 0 N–H and O–H groups in total. The Morgan fingerprint density at radius 1 is 0.400 bits per heavy atom. The molecule has 0 fully saturated rings. The molecule has 3 heterocycles. The summed E-state index contributed by atoms with van der Waals surface area (Å²) in [6, 6.07) is 24.5. The zero-order valence-electron chi connectivity index (χ0n) is 25.3. The first-order valence-electron chi connectivity index (χ1n) is 15.1. The minimum absolute atomic E-state index is 0.0672. The van der Waals surface area contributed by atoms with Crippen LogP contribution in [0.3, 0.4) is 0 Å². The molecule has 0 aliphatic carbocycles. The Bertz CT molecular complexity index is 2620. The summed E-state index contributed by atoms with van der Waals surface area (Å²) < 4.78 is 129. The van der Waals surface area contributed by atoms with Crippen LogP contribution in [0.1, 0.15) is 16.7 Å². The van der Waals surface area contributed by atoms with E-state index < -0.39 is 35.2 Å². The van der Waals surface area contributed by atoms with Crippen molar-refractivity contribution in [3.63, 3.8) is 0 Å². The van der Waals surface area contributed by atoms with Gasteiger partial charge in [-0.25, -0.2) is 0 Å². The lowest BCUT2D eigenvalue weighted by atomic mass is 9.99. The van der Waals surface area contributed by atoms with Crippen molar-refractivity contribution in [2.24, 2.45) is 0 Å². The predicted octanol–water partition coefficient (Wildman–Crippen LogP) is 12.0. The summed E-state index contributed by atoms with van der Waals surface area (Å²) in [4.78, 5) is 4.26. The summed E-state index contributed by atoms with van der Waals surface area (Å²) >= 11 is 0. The molecule has 0 saturated heterocycles. The predicted molar refractivity (Wildman–Crippen MR) is 173 cm³/mol. The first kappa shape index (κ1) is 31.5. The summed E-state index contributed by atoms with van der Waals surface area (Å²) in [6.45, 7) is 0. The van der Waals surface area contributed by atoms with Gasteiger partial charge in [0.2, 0.25) is 0 Å². The lowest BCUT2D eigenvalue weighted by Gasteiger charge is -2.20. The van der Waals surface area contributed by atoms with Crippen LogP contribution in [0.15, 0.2) is 122 Å². The van der Waals surface area contributed by atoms with Crippen molar-refractivity contribution in [1.29, 1.82) is 0 Å². The quantitative estimate of drug-likeness (QED) is 0.169. The highest BCUT2D eigenvalue weighted by Crippen LogP contribution is 2.44. The molecule has 12 heteroatoms. The van der Waals surface area contributed by atoms with Crippen LogP contribution >= 0.6 is 0 Å². The van der Waals surface area contributed by atoms with E-state index in [1.54, 1.807) is 57.7 Å². The molecule has 0 atom stereocenters. The fourth-order valence-electron chi connectivity index (χ4n) is 6.73. The van der Waals surface area contributed by atoms with Gasteiger partial charge in [-0.15, -0.1) is 0 Å². The summed E-state index contributed by atoms with van der Waals surface area (Å²) in [5.74, 6) is 0. The Kier molecular flexibility index (Phi) is 6.84. The first-order valence-corrected chi connectivity index (χ1v) is 15.1. The van der Waals surface area contributed by atoms with Crippen LogP contribution in [-0.4, -0.2) is 14.1 Å². The fraction of sp³-hybridized carbons (Fsp3) is 0.0789. The van der Waals surface area contributed by atoms with Crippen molar-refractivity contribution in [2.45, 2.75) is 18.5 Å². The molecule has 0 saturated carbocycles. The van der Waals surface area contributed by atoms with Crippen molar-refractivity contribution in [2.75, 3.05) is 0 Å². The maximum absolute atomic E-state index is 14.3. The number of hydrogen-bond donors (Lipinski definition) is 0. The SMILES string of the molecule is FC(F)(F)c1ccc(-n2c3ccccc3c3cc(C(F)(F)F)ccc32)c(-c2ccncc2-n2c3ccccc3c3cc(C(F)(F)F)ccc32)c1. The molecule has 0 amide bonds. The van der Waals surface area contributed by atoms with Crippen molar-refractivity contribution >= 4 is 43.6 Å². The van der Waals surface area contributed by atoms with Crippen LogP contribution in [0.25, 0.3) is 66.1 Å². The van der Waals surface area contributed by atoms with Crippen molar-refractivity contribution in [3.05, 3.63) is 138 Å². The van der Waals surface area contributed by atoms with Crippen LogP contribution in [0.2, 0.25) is 0 Å². The number of pyridine rings is 1. The molecule has 0 spiro atoms. The van der Waals surface area contributed by atoms with Crippen molar-refractivity contribution in [3.8, 4) is 22.5 Å². The average molecular weight is 690 g/mol. The number of halogens is 9. The summed E-state index contributed by atoms with van der Waals surface area (Å²) in [7, 11) is 0. The first-order chi connectivity index (χ1) is 23.7. The van der Waals surface area contributed by atoms with Gasteiger partial charge in [0, 0.05) is 38.9 Å². The topological polar surface area (TPSA) is 22.8 Å². The van der Waals surface area contributed by atoms with Gasteiger partial charge in [-0.3, -0.25) is 4.98 Å². The number of aromatic nitrogens is 3. The smallest absolute Gasteiger partial charge is 0.309 e. The van der Waals surface area contributed by atoms with Gasteiger partial charge in [0.05, 0.1) is 56.3 Å². The summed E-state index contributed by atoms with van der Waals surface area (Å²) in [6.07, 6.45) is -11.2. The van der Waals surface area contributed by atoms with E-state index in [2.05, 4.69) is 4.98 Å². The normalized spacial score (nSPS) is 12.9. The summed E-state index contributed by atoms with van der Waals surface area (Å²) in [5, 5.41) is 1.46. The van der Waals surface area contributed by atoms with E-state index in [1.165, 1.54) is 36.7 Å². The van der Waals surface area contributed by atoms with Gasteiger partial charge in [-0.1, -0.05) is 36.4 Å². The van der Waals surface area contributed by atoms with E-state index >= 15 is 0 Å². The van der Waals surface area contributed by atoms with E-state index in [4.69, 9.17) is 0 Å². The highest BCUT2D eigenvalue weighted by molar-refractivity contribution is 6.11. The monoisotopic (exact) mass is 689 g/mol. The van der Waals surface area contributed by atoms with Gasteiger partial charge in [0.25, 0.3) is 0 Å². The standard InChI is InChI=1S/C38H20F9N3/c39-36(40,41)21-9-12-32-27(17-21)24-5-1-3-7-30(24)49(32)33-13-10-23(38(45,46)47)19-29(33)26-15-16-48-20-35(26)50-31-8-4-2-6-25(31)28-18-22(37(42,43)44)11-14-34(28)50/h1-20H. The molecule has 8 rings (SSSR count). The molecule has 0 unspecified atom stereocenters. The maximum atomic E-state index is 14.3. The fourth-order valence-corrected chi connectivity index (χ4v) is 6.73. The highest BCUT2D eigenvalue weighted by Gasteiger charge is 2.34. The second kappa shape index (κ2) is 10.9. The molecular weight excluding hydrogens is 669 g/mol. The number of fused-ring (bicyclic) bond motifs is 6. The molecule has 250 valence electrons. The molecule has 0 bridgehead atoms. The number of rotatable bonds is 3. The number of nitrogens with zero attached hydrogens (tertiary/aromatic N) is 3. The molecule has 8 aromatic rings. The van der Waals surface area contributed by atoms with Crippen LogP contribution in [0.4, 0.5) is 39.5 Å². The lowest BCUT2D eigenvalue weighted by molar-refractivity contribution is -0.138. The van der Waals surface area contributed by atoms with Gasteiger partial charge >= 0.3 is 18.5 Å². The molecule has 50 heavy (non-hydrogen) atoms. The maximum Gasteiger partial charge on any atom is 0.416 e. The third-order valence-corrected chi connectivity index (χ3v) is 8.90. The number of alkyl halides is 9. The van der Waals surface area contributed by atoms with E-state index in [0.29, 0.717) is 32.8 Å². The second-order valence-electron chi connectivity index (χ2n) is 11.8. The van der Waals surface area contributed by atoms with E-state index in [0.717, 1.165) is 36.4 Å². The van der Waals surface area contributed by atoms with Gasteiger partial charge in [-0.05, 0) is 72.8 Å². The Morgan fingerprint density at radius 2 is 0.840 bits per heavy atom. The minimum atomic E-state index is -4.76. The van der Waals surface area contributed by atoms with E-state index in [9.17, 15) is 39.5 Å². The third kappa shape index (κ3) is 4.96. The number of hydrogen-bond acceptors (Lipinski definition) is 1. The van der Waals surface area contributed by atoms with E-state index in [-0.39, 0.29) is 33.3 Å². The average Bonchev–Trinajstić information content (AvgIpc) is 3.59. The molecule has 5 aromatic carbocycles. The van der Waals surface area contributed by atoms with E-state index in [1.807, 2.05) is 0 Å². The minimum Gasteiger partial charge on any atom is -0.309 e. The molecule has 0 radical (unpaired) electrons. The van der Waals surface area contributed by atoms with Gasteiger partial charge < -0.3 is 9.13 Å². The zero-order chi connectivity index (χ0) is 35.2. The lowest BCUT2D eigenvalue weighted by Crippen LogP contribution is -2.08. The Balaban J connectivity index is 1.46. The number of benzene rings is 5. The Hall–Kier alpha value is -5.78. The second-order valence-corrected chi connectivity index (χ2v) is 11.8. The number of para-hydroxylation sites is 2. The van der Waals surface area contributed by atoms with Crippen LogP contribution in [-0.2, 0) is 18.5 Å². The molecule has 0 aliphatic rings. The molecule has 3 nitrogen and oxygen atoms in total. The van der Waals surface area contributed by atoms with Gasteiger partial charge in [0.15, 0.2) is 0 Å². The summed E-state index contributed by atoms with van der Waals surface area (Å²) in [5.41, 5.74) is -0.260. The molecular formula is C38H20F9N3. The molecule has 3 aromatic heterocycles. The zero-order valence-corrected chi connectivity index (χ0v) is 25.3. The van der Waals surface area contributed by atoms with Crippen molar-refractivity contribution < 1.29 is 39.5 Å². The van der Waals surface area contributed by atoms with Crippen LogP contribution in [0, 0.1) is 0 Å². The van der Waals surface area contributed by atoms with Crippen LogP contribution in [0.5, 0.6) is 0 Å². The Morgan fingerprint density at radius 3 is 1.36 bits per heavy atom.